The van der Waals surface area contributed by atoms with Crippen LogP contribution in [0.4, 0.5) is 5.82 Å². The Morgan fingerprint density at radius 2 is 1.62 bits per heavy atom. The molecule has 4 fully saturated rings. The number of anilines is 1. The van der Waals surface area contributed by atoms with Gasteiger partial charge in [-0.3, -0.25) is 19.4 Å². The fraction of sp³-hybridized carbons (Fsp3) is 0.682. The molecule has 29 heavy (non-hydrogen) atoms. The number of hydrogen-bond acceptors (Lipinski definition) is 5. The highest BCUT2D eigenvalue weighted by Gasteiger charge is 2.60. The molecule has 2 aliphatic carbocycles. The van der Waals surface area contributed by atoms with Crippen LogP contribution in [0.2, 0.25) is 5.02 Å². The lowest BCUT2D eigenvalue weighted by molar-refractivity contribution is -0.140. The molecule has 0 aromatic carbocycles. The smallest absolute Gasteiger partial charge is 0.233 e. The number of likely N-dealkylation sites (tertiary alicyclic amines) is 1. The van der Waals surface area contributed by atoms with Gasteiger partial charge in [0.2, 0.25) is 11.8 Å². The fourth-order valence-corrected chi connectivity index (χ4v) is 6.33. The Morgan fingerprint density at radius 3 is 2.28 bits per heavy atom. The molecular formula is C22H29ClN4O2. The number of piperazine rings is 1. The first-order valence-electron chi connectivity index (χ1n) is 11.1. The van der Waals surface area contributed by atoms with E-state index in [0.29, 0.717) is 23.4 Å². The number of imide groups is 1. The Morgan fingerprint density at radius 1 is 0.966 bits per heavy atom. The number of halogens is 1. The monoisotopic (exact) mass is 416 g/mol. The van der Waals surface area contributed by atoms with Gasteiger partial charge in [0, 0.05) is 38.9 Å². The van der Waals surface area contributed by atoms with Gasteiger partial charge < -0.3 is 4.90 Å². The highest BCUT2D eigenvalue weighted by Crippen LogP contribution is 2.56. The van der Waals surface area contributed by atoms with Crippen LogP contribution >= 0.6 is 11.6 Å². The van der Waals surface area contributed by atoms with Crippen molar-refractivity contribution in [3.63, 3.8) is 0 Å². The third-order valence-corrected chi connectivity index (χ3v) is 7.83. The zero-order valence-corrected chi connectivity index (χ0v) is 17.6. The van der Waals surface area contributed by atoms with E-state index in [1.165, 1.54) is 0 Å². The Hall–Kier alpha value is -1.66. The predicted octanol–water partition coefficient (Wildman–Crippen LogP) is 2.67. The van der Waals surface area contributed by atoms with Crippen molar-refractivity contribution in [1.82, 2.24) is 14.8 Å². The van der Waals surface area contributed by atoms with Crippen molar-refractivity contribution in [2.45, 2.75) is 32.1 Å². The lowest BCUT2D eigenvalue weighted by Crippen LogP contribution is -2.47. The number of hydrogen-bond donors (Lipinski definition) is 0. The quantitative estimate of drug-likeness (QED) is 0.527. The van der Waals surface area contributed by atoms with Gasteiger partial charge in [-0.15, -0.1) is 0 Å². The first-order chi connectivity index (χ1) is 14.1. The topological polar surface area (TPSA) is 56.8 Å². The molecule has 0 radical (unpaired) electrons. The van der Waals surface area contributed by atoms with Crippen molar-refractivity contribution in [3.8, 4) is 0 Å². The van der Waals surface area contributed by atoms with Crippen LogP contribution in [-0.4, -0.2) is 65.9 Å². The van der Waals surface area contributed by atoms with E-state index in [-0.39, 0.29) is 23.7 Å². The van der Waals surface area contributed by atoms with E-state index in [0.717, 1.165) is 70.6 Å². The summed E-state index contributed by atoms with van der Waals surface area (Å²) in [7, 11) is 0. The minimum absolute atomic E-state index is 0.0211. The third-order valence-electron chi connectivity index (χ3n) is 7.54. The SMILES string of the molecule is O=C1[C@@H]2[C@H]3CC[C@H](C3)[C@@H]2C(=O)N1CCCCN1CCN(c2ncccc2Cl)CC1. The summed E-state index contributed by atoms with van der Waals surface area (Å²) in [5, 5.41) is 0.708. The van der Waals surface area contributed by atoms with Crippen LogP contribution in [0.25, 0.3) is 0 Å². The third kappa shape index (κ3) is 3.44. The van der Waals surface area contributed by atoms with Crippen molar-refractivity contribution in [2.75, 3.05) is 44.2 Å². The van der Waals surface area contributed by atoms with Crippen LogP contribution in [0.5, 0.6) is 0 Å². The van der Waals surface area contributed by atoms with Crippen molar-refractivity contribution >= 4 is 29.2 Å². The van der Waals surface area contributed by atoms with Gasteiger partial charge in [-0.1, -0.05) is 11.6 Å². The molecule has 2 saturated heterocycles. The summed E-state index contributed by atoms with van der Waals surface area (Å²) in [6.45, 7) is 5.44. The van der Waals surface area contributed by atoms with Crippen LogP contribution in [0.1, 0.15) is 32.1 Å². The first kappa shape index (κ1) is 19.3. The van der Waals surface area contributed by atoms with Crippen molar-refractivity contribution in [3.05, 3.63) is 23.4 Å². The van der Waals surface area contributed by atoms with Crippen LogP contribution in [-0.2, 0) is 9.59 Å². The second-order valence-corrected chi connectivity index (χ2v) is 9.46. The van der Waals surface area contributed by atoms with Crippen molar-refractivity contribution < 1.29 is 9.59 Å². The van der Waals surface area contributed by atoms with E-state index >= 15 is 0 Å². The van der Waals surface area contributed by atoms with Gasteiger partial charge in [0.1, 0.15) is 5.82 Å². The summed E-state index contributed by atoms with van der Waals surface area (Å²) in [5.41, 5.74) is 0. The lowest BCUT2D eigenvalue weighted by Gasteiger charge is -2.35. The van der Waals surface area contributed by atoms with Gasteiger partial charge in [0.25, 0.3) is 0 Å². The van der Waals surface area contributed by atoms with Crippen LogP contribution in [0.15, 0.2) is 18.3 Å². The van der Waals surface area contributed by atoms with E-state index < -0.39 is 0 Å². The second kappa shape index (κ2) is 7.88. The number of carbonyl (C=O) groups is 2. The van der Waals surface area contributed by atoms with Gasteiger partial charge in [-0.25, -0.2) is 4.98 Å². The van der Waals surface area contributed by atoms with Gasteiger partial charge >= 0.3 is 0 Å². The highest BCUT2D eigenvalue weighted by atomic mass is 35.5. The lowest BCUT2D eigenvalue weighted by atomic mass is 9.81. The van der Waals surface area contributed by atoms with Crippen LogP contribution in [0, 0.1) is 23.7 Å². The molecule has 2 saturated carbocycles. The molecule has 0 unspecified atom stereocenters. The molecule has 0 N–H and O–H groups in total. The van der Waals surface area contributed by atoms with E-state index in [2.05, 4.69) is 14.8 Å². The molecular weight excluding hydrogens is 388 g/mol. The van der Waals surface area contributed by atoms with Crippen molar-refractivity contribution in [1.29, 1.82) is 0 Å². The minimum atomic E-state index is 0.0211. The number of nitrogens with zero attached hydrogens (tertiary/aromatic N) is 4. The molecule has 2 bridgehead atoms. The number of unbranched alkanes of at least 4 members (excludes halogenated alkanes) is 1. The molecule has 2 amide bonds. The largest absolute Gasteiger partial charge is 0.353 e. The number of amides is 2. The molecule has 2 aliphatic heterocycles. The molecule has 1 aromatic rings. The zero-order valence-electron chi connectivity index (χ0n) is 16.8. The minimum Gasteiger partial charge on any atom is -0.353 e. The maximum atomic E-state index is 12.8. The molecule has 4 aliphatic rings. The molecule has 6 nitrogen and oxygen atoms in total. The van der Waals surface area contributed by atoms with E-state index in [1.807, 2.05) is 12.1 Å². The van der Waals surface area contributed by atoms with E-state index in [4.69, 9.17) is 11.6 Å². The number of pyridine rings is 1. The molecule has 5 rings (SSSR count). The standard InChI is InChI=1S/C22H29ClN4O2/c23-17-4-3-7-24-20(17)26-12-10-25(11-13-26)8-1-2-9-27-21(28)18-15-5-6-16(14-15)19(18)22(27)29/h3-4,7,15-16,18-19H,1-2,5-6,8-14H2/t15-,16+,18+,19-. The summed E-state index contributed by atoms with van der Waals surface area (Å²) in [5.74, 6) is 2.15. The molecule has 4 atom stereocenters. The Labute approximate surface area is 177 Å². The maximum Gasteiger partial charge on any atom is 0.233 e. The molecule has 3 heterocycles. The van der Waals surface area contributed by atoms with Gasteiger partial charge in [-0.05, 0) is 62.6 Å². The number of carbonyl (C=O) groups excluding carboxylic acids is 2. The zero-order chi connectivity index (χ0) is 20.0. The van der Waals surface area contributed by atoms with E-state index in [1.54, 1.807) is 11.1 Å². The Kier molecular flexibility index (Phi) is 5.25. The Bertz CT molecular complexity index is 767. The molecule has 1 aromatic heterocycles. The van der Waals surface area contributed by atoms with Gasteiger partial charge in [0.05, 0.1) is 16.9 Å². The second-order valence-electron chi connectivity index (χ2n) is 9.06. The molecule has 0 spiro atoms. The summed E-state index contributed by atoms with van der Waals surface area (Å²) in [4.78, 5) is 36.2. The average molecular weight is 417 g/mol. The maximum absolute atomic E-state index is 12.8. The number of rotatable bonds is 6. The predicted molar refractivity (Wildman–Crippen MR) is 112 cm³/mol. The average Bonchev–Trinajstić information content (AvgIpc) is 3.41. The van der Waals surface area contributed by atoms with Crippen molar-refractivity contribution in [2.24, 2.45) is 23.7 Å². The number of aromatic nitrogens is 1. The van der Waals surface area contributed by atoms with Crippen LogP contribution < -0.4 is 4.90 Å². The number of fused-ring (bicyclic) bond motifs is 5. The van der Waals surface area contributed by atoms with Crippen LogP contribution in [0.3, 0.4) is 0 Å². The Balaban J connectivity index is 1.06. The fourth-order valence-electron chi connectivity index (χ4n) is 6.09. The summed E-state index contributed by atoms with van der Waals surface area (Å²) >= 11 is 6.26. The summed E-state index contributed by atoms with van der Waals surface area (Å²) < 4.78 is 0. The molecule has 156 valence electrons. The molecule has 7 heteroatoms. The first-order valence-corrected chi connectivity index (χ1v) is 11.4. The van der Waals surface area contributed by atoms with Gasteiger partial charge in [0.15, 0.2) is 0 Å². The summed E-state index contributed by atoms with van der Waals surface area (Å²) in [6.07, 6.45) is 7.11. The van der Waals surface area contributed by atoms with E-state index in [9.17, 15) is 9.59 Å². The van der Waals surface area contributed by atoms with Gasteiger partial charge in [-0.2, -0.15) is 0 Å². The summed E-state index contributed by atoms with van der Waals surface area (Å²) in [6, 6.07) is 3.74. The highest BCUT2D eigenvalue weighted by molar-refractivity contribution is 6.32. The normalized spacial score (nSPS) is 31.8.